The maximum absolute atomic E-state index is 5.56. The molecule has 0 unspecified atom stereocenters. The van der Waals surface area contributed by atoms with Gasteiger partial charge < -0.3 is 11.1 Å². The molecule has 0 aliphatic heterocycles. The molecule has 23 heavy (non-hydrogen) atoms. The third kappa shape index (κ3) is 3.78. The first-order valence-electron chi connectivity index (χ1n) is 7.21. The Morgan fingerprint density at radius 1 is 1.13 bits per heavy atom. The van der Waals surface area contributed by atoms with E-state index in [0.29, 0.717) is 17.6 Å². The van der Waals surface area contributed by atoms with E-state index in [1.165, 1.54) is 11.3 Å². The molecule has 3 rings (SSSR count). The molecule has 0 spiro atoms. The number of hydrogen-bond acceptors (Lipinski definition) is 8. The lowest BCUT2D eigenvalue weighted by Crippen LogP contribution is -2.08. The Morgan fingerprint density at radius 2 is 2.00 bits per heavy atom. The third-order valence-electron chi connectivity index (χ3n) is 3.26. The lowest BCUT2D eigenvalue weighted by Gasteiger charge is -2.08. The van der Waals surface area contributed by atoms with Gasteiger partial charge in [-0.15, -0.1) is 10.2 Å². The highest BCUT2D eigenvalue weighted by atomic mass is 32.1. The summed E-state index contributed by atoms with van der Waals surface area (Å²) >= 11 is 1.39. The molecular weight excluding hydrogens is 310 g/mol. The zero-order valence-electron chi connectivity index (χ0n) is 12.9. The Bertz CT molecular complexity index is 815. The van der Waals surface area contributed by atoms with Crippen molar-refractivity contribution in [3.05, 3.63) is 40.8 Å². The molecule has 0 saturated heterocycles. The molecule has 3 aromatic rings. The lowest BCUT2D eigenvalue weighted by molar-refractivity contribution is 0.929. The van der Waals surface area contributed by atoms with Crippen molar-refractivity contribution in [1.82, 2.24) is 25.1 Å². The van der Waals surface area contributed by atoms with E-state index in [-0.39, 0.29) is 0 Å². The topological polar surface area (TPSA) is 102 Å². The van der Waals surface area contributed by atoms with Gasteiger partial charge in [0.05, 0.1) is 5.69 Å². The fourth-order valence-electron chi connectivity index (χ4n) is 2.20. The van der Waals surface area contributed by atoms with E-state index >= 15 is 0 Å². The number of aryl methyl sites for hydroxylation is 2. The molecular formula is C15H17N7S. The molecule has 0 atom stereocenters. The van der Waals surface area contributed by atoms with Gasteiger partial charge in [0.1, 0.15) is 5.01 Å². The van der Waals surface area contributed by atoms with E-state index in [9.17, 15) is 0 Å². The van der Waals surface area contributed by atoms with Crippen molar-refractivity contribution in [3.8, 4) is 11.3 Å². The summed E-state index contributed by atoms with van der Waals surface area (Å²) in [6.45, 7) is 4.63. The molecule has 3 heterocycles. The summed E-state index contributed by atoms with van der Waals surface area (Å²) in [6.07, 6.45) is 2.47. The van der Waals surface area contributed by atoms with Gasteiger partial charge in [0, 0.05) is 36.1 Å². The van der Waals surface area contributed by atoms with Gasteiger partial charge in [-0.2, -0.15) is 0 Å². The summed E-state index contributed by atoms with van der Waals surface area (Å²) in [5, 5.41) is 12.4. The molecule has 0 aromatic carbocycles. The molecule has 0 amide bonds. The fourth-order valence-corrected chi connectivity index (χ4v) is 2.81. The van der Waals surface area contributed by atoms with Crippen molar-refractivity contribution in [2.45, 2.75) is 20.3 Å². The molecule has 0 aliphatic rings. The van der Waals surface area contributed by atoms with E-state index in [4.69, 9.17) is 5.73 Å². The van der Waals surface area contributed by atoms with Crippen LogP contribution in [0.5, 0.6) is 0 Å². The summed E-state index contributed by atoms with van der Waals surface area (Å²) in [5.74, 6) is 0.583. The van der Waals surface area contributed by atoms with Crippen LogP contribution in [0.1, 0.15) is 16.4 Å². The Hall–Kier alpha value is -2.61. The van der Waals surface area contributed by atoms with Crippen molar-refractivity contribution in [3.63, 3.8) is 0 Å². The highest BCUT2D eigenvalue weighted by Gasteiger charge is 2.07. The average molecular weight is 327 g/mol. The second-order valence-electron chi connectivity index (χ2n) is 5.06. The number of pyridine rings is 1. The number of anilines is 2. The van der Waals surface area contributed by atoms with E-state index < -0.39 is 0 Å². The quantitative estimate of drug-likeness (QED) is 0.740. The second kappa shape index (κ2) is 6.66. The molecule has 0 fully saturated rings. The number of nitrogens with one attached hydrogen (secondary N) is 1. The first-order chi connectivity index (χ1) is 11.1. The van der Waals surface area contributed by atoms with Crippen molar-refractivity contribution in [2.24, 2.45) is 0 Å². The summed E-state index contributed by atoms with van der Waals surface area (Å²) in [5.41, 5.74) is 9.38. The standard InChI is InChI=1S/C15H17N7S/c1-9-3-4-11(10(2)19-9)12-5-7-17-15(20-12)18-8-6-13-21-22-14(16)23-13/h3-5,7H,6,8H2,1-2H3,(H2,16,22)(H,17,18,20). The molecule has 0 radical (unpaired) electrons. The van der Waals surface area contributed by atoms with Gasteiger partial charge in [0.2, 0.25) is 11.1 Å². The average Bonchev–Trinajstić information content (AvgIpc) is 2.93. The van der Waals surface area contributed by atoms with E-state index in [1.54, 1.807) is 6.20 Å². The predicted molar refractivity (Wildman–Crippen MR) is 91.3 cm³/mol. The second-order valence-corrected chi connectivity index (χ2v) is 6.16. The molecule has 118 valence electrons. The Labute approximate surface area is 138 Å². The van der Waals surface area contributed by atoms with Crippen LogP contribution < -0.4 is 11.1 Å². The first-order valence-corrected chi connectivity index (χ1v) is 8.03. The zero-order valence-corrected chi connectivity index (χ0v) is 13.8. The van der Waals surface area contributed by atoms with Crippen LogP contribution in [0.25, 0.3) is 11.3 Å². The zero-order chi connectivity index (χ0) is 16.2. The highest BCUT2D eigenvalue weighted by molar-refractivity contribution is 7.15. The van der Waals surface area contributed by atoms with Crippen molar-refractivity contribution in [1.29, 1.82) is 0 Å². The van der Waals surface area contributed by atoms with Crippen LogP contribution in [0.3, 0.4) is 0 Å². The minimum absolute atomic E-state index is 0.487. The summed E-state index contributed by atoms with van der Waals surface area (Å²) in [7, 11) is 0. The van der Waals surface area contributed by atoms with Crippen LogP contribution in [-0.4, -0.2) is 31.7 Å². The van der Waals surface area contributed by atoms with Crippen molar-refractivity contribution < 1.29 is 0 Å². The molecule has 3 N–H and O–H groups in total. The van der Waals surface area contributed by atoms with Crippen LogP contribution in [0, 0.1) is 13.8 Å². The normalized spacial score (nSPS) is 10.7. The van der Waals surface area contributed by atoms with Crippen LogP contribution in [-0.2, 0) is 6.42 Å². The fraction of sp³-hybridized carbons (Fsp3) is 0.267. The number of aromatic nitrogens is 5. The SMILES string of the molecule is Cc1ccc(-c2ccnc(NCCc3nnc(N)s3)n2)c(C)n1. The van der Waals surface area contributed by atoms with Gasteiger partial charge in [0.15, 0.2) is 0 Å². The number of rotatable bonds is 5. The van der Waals surface area contributed by atoms with E-state index in [0.717, 1.165) is 34.1 Å². The number of nitrogens with two attached hydrogens (primary N) is 1. The minimum Gasteiger partial charge on any atom is -0.374 e. The van der Waals surface area contributed by atoms with Crippen molar-refractivity contribution in [2.75, 3.05) is 17.6 Å². The van der Waals surface area contributed by atoms with Crippen LogP contribution >= 0.6 is 11.3 Å². The van der Waals surface area contributed by atoms with Gasteiger partial charge in [0.25, 0.3) is 0 Å². The Morgan fingerprint density at radius 3 is 2.74 bits per heavy atom. The van der Waals surface area contributed by atoms with Crippen LogP contribution in [0.4, 0.5) is 11.1 Å². The van der Waals surface area contributed by atoms with E-state index in [1.807, 2.05) is 32.0 Å². The van der Waals surface area contributed by atoms with Gasteiger partial charge in [-0.05, 0) is 32.0 Å². The largest absolute Gasteiger partial charge is 0.374 e. The number of hydrogen-bond donors (Lipinski definition) is 2. The van der Waals surface area contributed by atoms with Gasteiger partial charge >= 0.3 is 0 Å². The summed E-state index contributed by atoms with van der Waals surface area (Å²) < 4.78 is 0. The monoisotopic (exact) mass is 327 g/mol. The van der Waals surface area contributed by atoms with Crippen molar-refractivity contribution >= 4 is 22.4 Å². The molecule has 3 aromatic heterocycles. The maximum atomic E-state index is 5.56. The van der Waals surface area contributed by atoms with Gasteiger partial charge in [-0.1, -0.05) is 11.3 Å². The first kappa shape index (κ1) is 15.3. The lowest BCUT2D eigenvalue weighted by atomic mass is 10.1. The Balaban J connectivity index is 1.69. The molecule has 8 heteroatoms. The van der Waals surface area contributed by atoms with E-state index in [2.05, 4.69) is 30.5 Å². The van der Waals surface area contributed by atoms with Gasteiger partial charge in [-0.25, -0.2) is 9.97 Å². The molecule has 0 bridgehead atoms. The predicted octanol–water partition coefficient (Wildman–Crippen LogP) is 2.24. The summed E-state index contributed by atoms with van der Waals surface area (Å²) in [6, 6.07) is 5.90. The van der Waals surface area contributed by atoms with Gasteiger partial charge in [-0.3, -0.25) is 4.98 Å². The third-order valence-corrected chi connectivity index (χ3v) is 4.07. The molecule has 0 saturated carbocycles. The number of nitrogen functional groups attached to an aromatic ring is 1. The summed E-state index contributed by atoms with van der Waals surface area (Å²) in [4.78, 5) is 13.3. The highest BCUT2D eigenvalue weighted by Crippen LogP contribution is 2.21. The minimum atomic E-state index is 0.487. The molecule has 0 aliphatic carbocycles. The van der Waals surface area contributed by atoms with Crippen LogP contribution in [0.15, 0.2) is 24.4 Å². The maximum Gasteiger partial charge on any atom is 0.223 e. The number of nitrogens with zero attached hydrogens (tertiary/aromatic N) is 5. The van der Waals surface area contributed by atoms with Crippen LogP contribution in [0.2, 0.25) is 0 Å². The molecule has 7 nitrogen and oxygen atoms in total. The smallest absolute Gasteiger partial charge is 0.223 e. The Kier molecular flexibility index (Phi) is 4.42.